The van der Waals surface area contributed by atoms with E-state index in [9.17, 15) is 4.79 Å². The lowest BCUT2D eigenvalue weighted by atomic mass is 9.78. The van der Waals surface area contributed by atoms with Gasteiger partial charge in [0.2, 0.25) is 0 Å². The number of rotatable bonds is 2. The van der Waals surface area contributed by atoms with Gasteiger partial charge in [0.05, 0.1) is 17.4 Å². The molecule has 3 nitrogen and oxygen atoms in total. The molecule has 1 atom stereocenters. The molecular formula is C15H16N2O. The van der Waals surface area contributed by atoms with Gasteiger partial charge in [0.1, 0.15) is 0 Å². The molecule has 0 N–H and O–H groups in total. The van der Waals surface area contributed by atoms with Crippen molar-refractivity contribution in [1.82, 2.24) is 9.55 Å². The van der Waals surface area contributed by atoms with E-state index in [0.29, 0.717) is 0 Å². The molecule has 92 valence electrons. The first kappa shape index (κ1) is 11.2. The highest BCUT2D eigenvalue weighted by Gasteiger charge is 2.46. The van der Waals surface area contributed by atoms with Gasteiger partial charge < -0.3 is 4.57 Å². The Labute approximate surface area is 106 Å². The number of fused-ring (bicyclic) bond motifs is 1. The summed E-state index contributed by atoms with van der Waals surface area (Å²) >= 11 is 0. The highest BCUT2D eigenvalue weighted by molar-refractivity contribution is 6.08. The highest BCUT2D eigenvalue weighted by atomic mass is 16.1. The molecule has 1 aliphatic rings. The zero-order chi connectivity index (χ0) is 12.8. The average molecular weight is 240 g/mol. The number of imidazole rings is 1. The smallest absolute Gasteiger partial charge is 0.175 e. The molecular weight excluding hydrogens is 224 g/mol. The standard InChI is InChI=1S/C15H16N2O/c1-3-15(13-9-16-10-17(13)2)8-11-6-4-5-7-12(11)14(15)18/h4-7,9-10H,3,8H2,1-2H3. The number of nitrogens with zero attached hydrogens (tertiary/aromatic N) is 2. The molecule has 1 aliphatic carbocycles. The van der Waals surface area contributed by atoms with Crippen LogP contribution in [0, 0.1) is 0 Å². The number of hydrogen-bond donors (Lipinski definition) is 0. The Morgan fingerprint density at radius 1 is 1.39 bits per heavy atom. The van der Waals surface area contributed by atoms with E-state index < -0.39 is 5.41 Å². The van der Waals surface area contributed by atoms with Gasteiger partial charge in [-0.05, 0) is 18.4 Å². The van der Waals surface area contributed by atoms with E-state index in [1.807, 2.05) is 36.0 Å². The van der Waals surface area contributed by atoms with Crippen LogP contribution in [0.15, 0.2) is 36.8 Å². The van der Waals surface area contributed by atoms with Crippen molar-refractivity contribution in [2.75, 3.05) is 0 Å². The van der Waals surface area contributed by atoms with Gasteiger partial charge in [-0.25, -0.2) is 4.98 Å². The van der Waals surface area contributed by atoms with Gasteiger partial charge in [0.15, 0.2) is 5.78 Å². The fourth-order valence-corrected chi connectivity index (χ4v) is 3.05. The summed E-state index contributed by atoms with van der Waals surface area (Å²) in [6.07, 6.45) is 5.19. The van der Waals surface area contributed by atoms with Gasteiger partial charge in [-0.15, -0.1) is 0 Å². The monoisotopic (exact) mass is 240 g/mol. The Kier molecular flexibility index (Phi) is 2.37. The minimum absolute atomic E-state index is 0.240. The third-order valence-corrected chi connectivity index (χ3v) is 4.10. The van der Waals surface area contributed by atoms with Crippen molar-refractivity contribution in [3.05, 3.63) is 53.6 Å². The van der Waals surface area contributed by atoms with Crippen molar-refractivity contribution in [3.63, 3.8) is 0 Å². The molecule has 2 aromatic rings. The predicted molar refractivity (Wildman–Crippen MR) is 69.7 cm³/mol. The van der Waals surface area contributed by atoms with Crippen LogP contribution in [0.2, 0.25) is 0 Å². The summed E-state index contributed by atoms with van der Waals surface area (Å²) < 4.78 is 1.97. The summed E-state index contributed by atoms with van der Waals surface area (Å²) in [7, 11) is 1.95. The lowest BCUT2D eigenvalue weighted by molar-refractivity contribution is 0.0892. The number of aromatic nitrogens is 2. The van der Waals surface area contributed by atoms with Crippen LogP contribution < -0.4 is 0 Å². The molecule has 3 heteroatoms. The van der Waals surface area contributed by atoms with Crippen LogP contribution in [0.4, 0.5) is 0 Å². The molecule has 0 amide bonds. The van der Waals surface area contributed by atoms with Gasteiger partial charge in [0, 0.05) is 18.8 Å². The SMILES string of the molecule is CCC1(c2cncn2C)Cc2ccccc2C1=O. The minimum atomic E-state index is -0.422. The van der Waals surface area contributed by atoms with Crippen molar-refractivity contribution in [2.45, 2.75) is 25.2 Å². The summed E-state index contributed by atoms with van der Waals surface area (Å²) in [4.78, 5) is 16.9. The zero-order valence-electron chi connectivity index (χ0n) is 10.7. The Morgan fingerprint density at radius 2 is 2.17 bits per heavy atom. The van der Waals surface area contributed by atoms with Gasteiger partial charge in [-0.3, -0.25) is 4.79 Å². The Balaban J connectivity index is 2.18. The summed E-state index contributed by atoms with van der Waals surface area (Å²) in [5.41, 5.74) is 2.63. The van der Waals surface area contributed by atoms with Gasteiger partial charge in [-0.2, -0.15) is 0 Å². The predicted octanol–water partition coefficient (Wildman–Crippen LogP) is 2.51. The van der Waals surface area contributed by atoms with Crippen LogP contribution in [-0.4, -0.2) is 15.3 Å². The Bertz CT molecular complexity index is 614. The summed E-state index contributed by atoms with van der Waals surface area (Å²) in [6.45, 7) is 2.08. The van der Waals surface area contributed by atoms with E-state index in [2.05, 4.69) is 18.0 Å². The van der Waals surface area contributed by atoms with E-state index in [-0.39, 0.29) is 5.78 Å². The van der Waals surface area contributed by atoms with Crippen LogP contribution in [0.3, 0.4) is 0 Å². The van der Waals surface area contributed by atoms with Crippen molar-refractivity contribution in [3.8, 4) is 0 Å². The second-order valence-corrected chi connectivity index (χ2v) is 4.99. The summed E-state index contributed by atoms with van der Waals surface area (Å²) in [5, 5.41) is 0. The number of hydrogen-bond acceptors (Lipinski definition) is 2. The third kappa shape index (κ3) is 1.30. The Morgan fingerprint density at radius 3 is 2.78 bits per heavy atom. The fraction of sp³-hybridized carbons (Fsp3) is 0.333. The molecule has 18 heavy (non-hydrogen) atoms. The van der Waals surface area contributed by atoms with Gasteiger partial charge >= 0.3 is 0 Å². The summed E-state index contributed by atoms with van der Waals surface area (Å²) in [5.74, 6) is 0.240. The number of carbonyl (C=O) groups excluding carboxylic acids is 1. The number of benzene rings is 1. The molecule has 0 bridgehead atoms. The van der Waals surface area contributed by atoms with Gasteiger partial charge in [0.25, 0.3) is 0 Å². The minimum Gasteiger partial charge on any atom is -0.337 e. The lowest BCUT2D eigenvalue weighted by Gasteiger charge is -2.26. The first-order chi connectivity index (χ1) is 8.69. The van der Waals surface area contributed by atoms with Crippen LogP contribution in [-0.2, 0) is 18.9 Å². The quantitative estimate of drug-likeness (QED) is 0.808. The van der Waals surface area contributed by atoms with Gasteiger partial charge in [-0.1, -0.05) is 31.2 Å². The average Bonchev–Trinajstić information content (AvgIpc) is 2.93. The molecule has 0 spiro atoms. The molecule has 0 saturated heterocycles. The molecule has 1 unspecified atom stereocenters. The van der Waals surface area contributed by atoms with Crippen LogP contribution in [0.1, 0.15) is 35.0 Å². The van der Waals surface area contributed by atoms with Crippen molar-refractivity contribution >= 4 is 5.78 Å². The van der Waals surface area contributed by atoms with E-state index in [4.69, 9.17) is 0 Å². The van der Waals surface area contributed by atoms with Crippen molar-refractivity contribution in [2.24, 2.45) is 7.05 Å². The Hall–Kier alpha value is -1.90. The maximum atomic E-state index is 12.8. The molecule has 1 aromatic heterocycles. The van der Waals surface area contributed by atoms with E-state index in [0.717, 1.165) is 29.7 Å². The number of Topliss-reactive ketones (excluding diaryl/α,β-unsaturated/α-hetero) is 1. The van der Waals surface area contributed by atoms with Crippen LogP contribution in [0.25, 0.3) is 0 Å². The first-order valence-corrected chi connectivity index (χ1v) is 6.28. The molecule has 1 aromatic carbocycles. The van der Waals surface area contributed by atoms with E-state index in [1.165, 1.54) is 0 Å². The fourth-order valence-electron chi connectivity index (χ4n) is 3.05. The lowest BCUT2D eigenvalue weighted by Crippen LogP contribution is -2.34. The van der Waals surface area contributed by atoms with Crippen LogP contribution >= 0.6 is 0 Å². The first-order valence-electron chi connectivity index (χ1n) is 6.28. The molecule has 0 aliphatic heterocycles. The number of carbonyl (C=O) groups is 1. The van der Waals surface area contributed by atoms with Crippen molar-refractivity contribution < 1.29 is 4.79 Å². The second kappa shape index (κ2) is 3.80. The maximum Gasteiger partial charge on any atom is 0.175 e. The largest absolute Gasteiger partial charge is 0.337 e. The molecule has 3 rings (SSSR count). The second-order valence-electron chi connectivity index (χ2n) is 4.99. The zero-order valence-corrected chi connectivity index (χ0v) is 10.7. The number of aryl methyl sites for hydroxylation is 1. The van der Waals surface area contributed by atoms with E-state index >= 15 is 0 Å². The topological polar surface area (TPSA) is 34.9 Å². The normalized spacial score (nSPS) is 22.2. The van der Waals surface area contributed by atoms with Crippen LogP contribution in [0.5, 0.6) is 0 Å². The highest BCUT2D eigenvalue weighted by Crippen LogP contribution is 2.41. The third-order valence-electron chi connectivity index (χ3n) is 4.10. The molecule has 0 radical (unpaired) electrons. The van der Waals surface area contributed by atoms with Crippen molar-refractivity contribution in [1.29, 1.82) is 0 Å². The van der Waals surface area contributed by atoms with E-state index in [1.54, 1.807) is 6.33 Å². The number of ketones is 1. The summed E-state index contributed by atoms with van der Waals surface area (Å²) in [6, 6.07) is 7.93. The molecule has 0 saturated carbocycles. The molecule has 0 fully saturated rings. The molecule has 1 heterocycles. The maximum absolute atomic E-state index is 12.8.